The summed E-state index contributed by atoms with van der Waals surface area (Å²) in [5, 5.41) is 7.49. The van der Waals surface area contributed by atoms with Crippen molar-refractivity contribution >= 4 is 17.6 Å². The SMILES string of the molecule is CCCC(Cl)C(=O)O. The van der Waals surface area contributed by atoms with Crippen molar-refractivity contribution in [1.82, 2.24) is 0 Å². The van der Waals surface area contributed by atoms with Crippen LogP contribution in [0.1, 0.15) is 19.8 Å². The minimum Gasteiger partial charge on any atom is -0.480 e. The number of carbonyl (C=O) groups is 1. The van der Waals surface area contributed by atoms with Gasteiger partial charge in [0.05, 0.1) is 0 Å². The molecule has 48 valence electrons. The number of halogens is 1. The summed E-state index contributed by atoms with van der Waals surface area (Å²) in [7, 11) is 0. The molecule has 0 amide bonds. The monoisotopic (exact) mass is 136 g/mol. The average molecular weight is 137 g/mol. The van der Waals surface area contributed by atoms with Gasteiger partial charge in [0.15, 0.2) is 0 Å². The molecule has 3 heteroatoms. The molecule has 0 aromatic carbocycles. The van der Waals surface area contributed by atoms with Gasteiger partial charge < -0.3 is 5.11 Å². The van der Waals surface area contributed by atoms with Crippen LogP contribution in [0.25, 0.3) is 0 Å². The molecule has 2 nitrogen and oxygen atoms in total. The zero-order valence-electron chi connectivity index (χ0n) is 4.72. The van der Waals surface area contributed by atoms with E-state index in [-0.39, 0.29) is 0 Å². The maximum absolute atomic E-state index is 9.96. The topological polar surface area (TPSA) is 37.3 Å². The molecule has 0 heterocycles. The van der Waals surface area contributed by atoms with E-state index in [1.54, 1.807) is 0 Å². The molecule has 0 bridgehead atoms. The molecular formula is C5H9ClO2. The summed E-state index contributed by atoms with van der Waals surface area (Å²) in [6.07, 6.45) is 1.37. The normalized spacial score (nSPS) is 13.2. The summed E-state index contributed by atoms with van der Waals surface area (Å²) < 4.78 is 0. The van der Waals surface area contributed by atoms with E-state index < -0.39 is 11.3 Å². The van der Waals surface area contributed by atoms with Crippen LogP contribution in [-0.4, -0.2) is 16.5 Å². The molecule has 1 N–H and O–H groups in total. The maximum atomic E-state index is 9.96. The predicted octanol–water partition coefficient (Wildman–Crippen LogP) is 1.48. The standard InChI is InChI=1S/C5H9ClO2/c1-2-3-4(6)5(7)8/h4H,2-3H2,1H3,(H,7,8). The third-order valence-electron chi connectivity index (χ3n) is 0.810. The van der Waals surface area contributed by atoms with E-state index in [0.717, 1.165) is 6.42 Å². The van der Waals surface area contributed by atoms with E-state index in [0.29, 0.717) is 6.42 Å². The Kier molecular flexibility index (Phi) is 3.61. The Morgan fingerprint density at radius 1 is 1.88 bits per heavy atom. The summed E-state index contributed by atoms with van der Waals surface area (Å²) in [4.78, 5) is 9.96. The molecule has 1 atom stereocenters. The zero-order valence-corrected chi connectivity index (χ0v) is 5.48. The van der Waals surface area contributed by atoms with Crippen molar-refractivity contribution in [2.24, 2.45) is 0 Å². The Morgan fingerprint density at radius 3 is 2.50 bits per heavy atom. The number of hydrogen-bond donors (Lipinski definition) is 1. The van der Waals surface area contributed by atoms with E-state index in [4.69, 9.17) is 16.7 Å². The Bertz CT molecular complexity index is 82.5. The molecule has 0 radical (unpaired) electrons. The molecule has 0 spiro atoms. The highest BCUT2D eigenvalue weighted by atomic mass is 35.5. The van der Waals surface area contributed by atoms with Crippen LogP contribution in [-0.2, 0) is 4.79 Å². The first-order valence-corrected chi connectivity index (χ1v) is 2.99. The van der Waals surface area contributed by atoms with Gasteiger partial charge in [-0.3, -0.25) is 4.79 Å². The Balaban J connectivity index is 3.32. The van der Waals surface area contributed by atoms with Gasteiger partial charge in [0, 0.05) is 0 Å². The molecule has 1 unspecified atom stereocenters. The molecule has 8 heavy (non-hydrogen) atoms. The van der Waals surface area contributed by atoms with Gasteiger partial charge in [-0.2, -0.15) is 0 Å². The third-order valence-corrected chi connectivity index (χ3v) is 1.21. The van der Waals surface area contributed by atoms with Gasteiger partial charge in [0.2, 0.25) is 0 Å². The predicted molar refractivity (Wildman–Crippen MR) is 32.2 cm³/mol. The van der Waals surface area contributed by atoms with Crippen LogP contribution in [0, 0.1) is 0 Å². The molecule has 0 saturated carbocycles. The number of rotatable bonds is 3. The van der Waals surface area contributed by atoms with Gasteiger partial charge >= 0.3 is 5.97 Å². The van der Waals surface area contributed by atoms with E-state index in [2.05, 4.69) is 0 Å². The first-order valence-electron chi connectivity index (χ1n) is 2.55. The van der Waals surface area contributed by atoms with Crippen LogP contribution < -0.4 is 0 Å². The fourth-order valence-corrected chi connectivity index (χ4v) is 0.595. The Labute approximate surface area is 53.5 Å². The van der Waals surface area contributed by atoms with Crippen molar-refractivity contribution in [3.05, 3.63) is 0 Å². The van der Waals surface area contributed by atoms with Crippen molar-refractivity contribution in [3.63, 3.8) is 0 Å². The second-order valence-corrected chi connectivity index (χ2v) is 2.12. The lowest BCUT2D eigenvalue weighted by atomic mass is 10.2. The number of hydrogen-bond acceptors (Lipinski definition) is 1. The van der Waals surface area contributed by atoms with E-state index in [1.165, 1.54) is 0 Å². The number of carboxylic acids is 1. The van der Waals surface area contributed by atoms with Gasteiger partial charge in [-0.25, -0.2) is 0 Å². The van der Waals surface area contributed by atoms with Gasteiger partial charge in [-0.1, -0.05) is 13.3 Å². The van der Waals surface area contributed by atoms with Crippen molar-refractivity contribution in [3.8, 4) is 0 Å². The Hall–Kier alpha value is -0.240. The van der Waals surface area contributed by atoms with Crippen molar-refractivity contribution in [2.45, 2.75) is 25.1 Å². The second kappa shape index (κ2) is 3.72. The quantitative estimate of drug-likeness (QED) is 0.597. The fraction of sp³-hybridized carbons (Fsp3) is 0.800. The van der Waals surface area contributed by atoms with E-state index in [1.807, 2.05) is 6.92 Å². The second-order valence-electron chi connectivity index (χ2n) is 1.59. The van der Waals surface area contributed by atoms with Gasteiger partial charge in [0.25, 0.3) is 0 Å². The van der Waals surface area contributed by atoms with Crippen LogP contribution in [0.2, 0.25) is 0 Å². The number of carboxylic acid groups (broad SMARTS) is 1. The van der Waals surface area contributed by atoms with Crippen molar-refractivity contribution in [1.29, 1.82) is 0 Å². The minimum absolute atomic E-state index is 0.552. The third kappa shape index (κ3) is 2.86. The lowest BCUT2D eigenvalue weighted by molar-refractivity contribution is -0.136. The smallest absolute Gasteiger partial charge is 0.321 e. The maximum Gasteiger partial charge on any atom is 0.321 e. The largest absolute Gasteiger partial charge is 0.480 e. The molecule has 0 saturated heterocycles. The zero-order chi connectivity index (χ0) is 6.57. The fourth-order valence-electron chi connectivity index (χ4n) is 0.377. The van der Waals surface area contributed by atoms with Gasteiger partial charge in [0.1, 0.15) is 5.38 Å². The van der Waals surface area contributed by atoms with Crippen molar-refractivity contribution in [2.75, 3.05) is 0 Å². The molecule has 0 aromatic heterocycles. The first kappa shape index (κ1) is 7.76. The van der Waals surface area contributed by atoms with Crippen LogP contribution in [0.15, 0.2) is 0 Å². The van der Waals surface area contributed by atoms with E-state index in [9.17, 15) is 4.79 Å². The van der Waals surface area contributed by atoms with Crippen LogP contribution in [0.5, 0.6) is 0 Å². The molecule has 0 aliphatic rings. The number of alkyl halides is 1. The molecule has 0 aliphatic carbocycles. The van der Waals surface area contributed by atoms with Crippen LogP contribution >= 0.6 is 11.6 Å². The molecule has 0 aliphatic heterocycles. The highest BCUT2D eigenvalue weighted by molar-refractivity contribution is 6.29. The lowest BCUT2D eigenvalue weighted by Gasteiger charge is -1.97. The molecular weight excluding hydrogens is 128 g/mol. The number of aliphatic carboxylic acids is 1. The van der Waals surface area contributed by atoms with Gasteiger partial charge in [-0.05, 0) is 6.42 Å². The summed E-state index contributed by atoms with van der Waals surface area (Å²) in [5.41, 5.74) is 0. The first-order chi connectivity index (χ1) is 3.68. The minimum atomic E-state index is -0.923. The lowest BCUT2D eigenvalue weighted by Crippen LogP contribution is -2.11. The molecule has 0 fully saturated rings. The van der Waals surface area contributed by atoms with Gasteiger partial charge in [-0.15, -0.1) is 11.6 Å². The Morgan fingerprint density at radius 2 is 2.38 bits per heavy atom. The molecule has 0 rings (SSSR count). The van der Waals surface area contributed by atoms with Crippen molar-refractivity contribution < 1.29 is 9.90 Å². The average Bonchev–Trinajstić information content (AvgIpc) is 1.67. The van der Waals surface area contributed by atoms with Crippen LogP contribution in [0.3, 0.4) is 0 Å². The van der Waals surface area contributed by atoms with E-state index >= 15 is 0 Å². The summed E-state index contributed by atoms with van der Waals surface area (Å²) in [6, 6.07) is 0. The summed E-state index contributed by atoms with van der Waals surface area (Å²) >= 11 is 5.32. The summed E-state index contributed by atoms with van der Waals surface area (Å²) in [5.74, 6) is -0.923. The van der Waals surface area contributed by atoms with Crippen LogP contribution in [0.4, 0.5) is 0 Å². The highest BCUT2D eigenvalue weighted by Crippen LogP contribution is 2.03. The summed E-state index contributed by atoms with van der Waals surface area (Å²) in [6.45, 7) is 1.90. The highest BCUT2D eigenvalue weighted by Gasteiger charge is 2.10. The molecule has 0 aromatic rings.